The van der Waals surface area contributed by atoms with Crippen molar-refractivity contribution in [1.29, 1.82) is 0 Å². The molecule has 1 fully saturated rings. The van der Waals surface area contributed by atoms with Crippen LogP contribution in [0.5, 0.6) is 0 Å². The summed E-state index contributed by atoms with van der Waals surface area (Å²) in [5.74, 6) is -0.201. The minimum atomic E-state index is -0.714. The summed E-state index contributed by atoms with van der Waals surface area (Å²) in [6.07, 6.45) is 1.06. The summed E-state index contributed by atoms with van der Waals surface area (Å²) in [4.78, 5) is 23.8. The van der Waals surface area contributed by atoms with Gasteiger partial charge in [-0.15, -0.1) is 0 Å². The van der Waals surface area contributed by atoms with Gasteiger partial charge >= 0.3 is 6.03 Å². The lowest BCUT2D eigenvalue weighted by Crippen LogP contribution is -2.51. The lowest BCUT2D eigenvalue weighted by Gasteiger charge is -2.32. The van der Waals surface area contributed by atoms with Gasteiger partial charge in [-0.3, -0.25) is 4.79 Å². The maximum atomic E-state index is 11.7. The molecule has 0 aromatic heterocycles. The third kappa shape index (κ3) is 3.39. The van der Waals surface area contributed by atoms with Gasteiger partial charge in [0, 0.05) is 13.1 Å². The number of carbonyl (C=O) groups is 2. The zero-order valence-electron chi connectivity index (χ0n) is 8.77. The van der Waals surface area contributed by atoms with Gasteiger partial charge in [0.25, 0.3) is 0 Å². The molecule has 0 bridgehead atoms. The van der Waals surface area contributed by atoms with E-state index in [-0.39, 0.29) is 5.91 Å². The molecule has 15 heavy (non-hydrogen) atoms. The Morgan fingerprint density at radius 3 is 2.80 bits per heavy atom. The molecule has 2 atom stereocenters. The van der Waals surface area contributed by atoms with E-state index in [9.17, 15) is 14.7 Å². The van der Waals surface area contributed by atoms with Crippen molar-refractivity contribution in [3.63, 3.8) is 0 Å². The van der Waals surface area contributed by atoms with Crippen molar-refractivity contribution < 1.29 is 14.7 Å². The largest absolute Gasteiger partial charge is 0.391 e. The molecular formula is C9H17N3O3. The number of urea groups is 1. The average Bonchev–Trinajstić information content (AvgIpc) is 2.15. The van der Waals surface area contributed by atoms with Gasteiger partial charge in [-0.1, -0.05) is 0 Å². The number of hydrogen-bond donors (Lipinski definition) is 3. The highest BCUT2D eigenvalue weighted by Gasteiger charge is 2.25. The maximum Gasteiger partial charge on any atom is 0.312 e. The molecule has 1 heterocycles. The molecule has 4 N–H and O–H groups in total. The van der Waals surface area contributed by atoms with E-state index < -0.39 is 18.2 Å². The maximum absolute atomic E-state index is 11.7. The highest BCUT2D eigenvalue weighted by molar-refractivity contribution is 5.86. The quantitative estimate of drug-likeness (QED) is 0.552. The SMILES string of the molecule is CC(NC(N)=O)C(=O)N1CCCC(O)C1. The number of nitrogens with zero attached hydrogens (tertiary/aromatic N) is 1. The van der Waals surface area contributed by atoms with Crippen molar-refractivity contribution in [2.24, 2.45) is 5.73 Å². The molecule has 3 amide bonds. The number of likely N-dealkylation sites (tertiary alicyclic amines) is 1. The zero-order chi connectivity index (χ0) is 11.4. The summed E-state index contributed by atoms with van der Waals surface area (Å²) in [7, 11) is 0. The van der Waals surface area contributed by atoms with E-state index in [1.54, 1.807) is 11.8 Å². The van der Waals surface area contributed by atoms with E-state index in [1.807, 2.05) is 0 Å². The van der Waals surface area contributed by atoms with Crippen LogP contribution >= 0.6 is 0 Å². The van der Waals surface area contributed by atoms with Gasteiger partial charge in [-0.25, -0.2) is 4.79 Å². The first-order valence-electron chi connectivity index (χ1n) is 5.03. The molecule has 6 nitrogen and oxygen atoms in total. The van der Waals surface area contributed by atoms with Crippen molar-refractivity contribution in [2.75, 3.05) is 13.1 Å². The Bertz CT molecular complexity index is 257. The Hall–Kier alpha value is -1.30. The van der Waals surface area contributed by atoms with Gasteiger partial charge in [0.05, 0.1) is 6.10 Å². The van der Waals surface area contributed by atoms with Crippen LogP contribution in [0.15, 0.2) is 0 Å². The van der Waals surface area contributed by atoms with Gasteiger partial charge in [0.1, 0.15) is 6.04 Å². The second-order valence-electron chi connectivity index (χ2n) is 3.81. The lowest BCUT2D eigenvalue weighted by molar-refractivity contribution is -0.135. The molecule has 6 heteroatoms. The minimum absolute atomic E-state index is 0.201. The van der Waals surface area contributed by atoms with Crippen molar-refractivity contribution in [1.82, 2.24) is 10.2 Å². The number of aliphatic hydroxyl groups excluding tert-OH is 1. The fraction of sp³-hybridized carbons (Fsp3) is 0.778. The summed E-state index contributed by atoms with van der Waals surface area (Å²) >= 11 is 0. The number of piperidine rings is 1. The van der Waals surface area contributed by atoms with Gasteiger partial charge in [0.2, 0.25) is 5.91 Å². The van der Waals surface area contributed by atoms with E-state index in [0.717, 1.165) is 12.8 Å². The molecule has 0 spiro atoms. The summed E-state index contributed by atoms with van der Waals surface area (Å²) < 4.78 is 0. The molecule has 1 aliphatic heterocycles. The highest BCUT2D eigenvalue weighted by Crippen LogP contribution is 2.10. The van der Waals surface area contributed by atoms with Gasteiger partial charge in [0.15, 0.2) is 0 Å². The molecule has 1 rings (SSSR count). The fourth-order valence-electron chi connectivity index (χ4n) is 1.70. The van der Waals surface area contributed by atoms with E-state index in [4.69, 9.17) is 5.73 Å². The summed E-state index contributed by atoms with van der Waals surface area (Å²) in [6.45, 7) is 2.54. The fourth-order valence-corrected chi connectivity index (χ4v) is 1.70. The number of carbonyl (C=O) groups excluding carboxylic acids is 2. The van der Waals surface area contributed by atoms with Crippen LogP contribution in [0.4, 0.5) is 4.79 Å². The number of hydrogen-bond acceptors (Lipinski definition) is 3. The number of primary amides is 1. The van der Waals surface area contributed by atoms with Gasteiger partial charge < -0.3 is 21.1 Å². The third-order valence-electron chi connectivity index (χ3n) is 2.44. The Morgan fingerprint density at radius 1 is 1.60 bits per heavy atom. The number of nitrogens with one attached hydrogen (secondary N) is 1. The number of rotatable bonds is 2. The normalized spacial score (nSPS) is 23.3. The number of amides is 3. The molecule has 86 valence electrons. The topological polar surface area (TPSA) is 95.7 Å². The molecule has 1 aliphatic rings. The first-order valence-corrected chi connectivity index (χ1v) is 5.03. The standard InChI is InChI=1S/C9H17N3O3/c1-6(11-9(10)15)8(14)12-4-2-3-7(13)5-12/h6-7,13H,2-5H2,1H3,(H3,10,11,15). The van der Waals surface area contributed by atoms with Crippen LogP contribution in [0.2, 0.25) is 0 Å². The van der Waals surface area contributed by atoms with E-state index in [1.165, 1.54) is 0 Å². The molecule has 0 aromatic rings. The zero-order valence-corrected chi connectivity index (χ0v) is 8.77. The Morgan fingerprint density at radius 2 is 2.27 bits per heavy atom. The molecule has 0 saturated carbocycles. The minimum Gasteiger partial charge on any atom is -0.391 e. The van der Waals surface area contributed by atoms with Gasteiger partial charge in [-0.2, -0.15) is 0 Å². The predicted molar refractivity (Wildman–Crippen MR) is 54.0 cm³/mol. The van der Waals surface area contributed by atoms with Crippen LogP contribution in [0.25, 0.3) is 0 Å². The molecule has 0 aromatic carbocycles. The first kappa shape index (κ1) is 11.8. The predicted octanol–water partition coefficient (Wildman–Crippen LogP) is -0.973. The van der Waals surface area contributed by atoms with Crippen molar-refractivity contribution in [3.05, 3.63) is 0 Å². The van der Waals surface area contributed by atoms with Crippen LogP contribution in [0.1, 0.15) is 19.8 Å². The van der Waals surface area contributed by atoms with E-state index in [0.29, 0.717) is 13.1 Å². The average molecular weight is 215 g/mol. The number of β-amino-alcohol motifs (C(OH)–C–C–N with tert-alkyl or cyclic N) is 1. The van der Waals surface area contributed by atoms with Crippen molar-refractivity contribution in [3.8, 4) is 0 Å². The van der Waals surface area contributed by atoms with Crippen LogP contribution in [-0.2, 0) is 4.79 Å². The summed E-state index contributed by atoms with van der Waals surface area (Å²) in [5.41, 5.74) is 4.92. The molecule has 0 radical (unpaired) electrons. The molecule has 1 saturated heterocycles. The first-order chi connectivity index (χ1) is 7.00. The smallest absolute Gasteiger partial charge is 0.312 e. The van der Waals surface area contributed by atoms with Crippen LogP contribution < -0.4 is 11.1 Å². The monoisotopic (exact) mass is 215 g/mol. The molecular weight excluding hydrogens is 198 g/mol. The lowest BCUT2D eigenvalue weighted by atomic mass is 10.1. The van der Waals surface area contributed by atoms with Crippen molar-refractivity contribution >= 4 is 11.9 Å². The van der Waals surface area contributed by atoms with Crippen LogP contribution in [-0.4, -0.2) is 47.2 Å². The van der Waals surface area contributed by atoms with Gasteiger partial charge in [-0.05, 0) is 19.8 Å². The Labute approximate surface area is 88.4 Å². The molecule has 2 unspecified atom stereocenters. The third-order valence-corrected chi connectivity index (χ3v) is 2.44. The van der Waals surface area contributed by atoms with Crippen LogP contribution in [0.3, 0.4) is 0 Å². The Kier molecular flexibility index (Phi) is 3.90. The second kappa shape index (κ2) is 4.97. The number of nitrogens with two attached hydrogens (primary N) is 1. The molecule has 0 aliphatic carbocycles. The van der Waals surface area contributed by atoms with E-state index in [2.05, 4.69) is 5.32 Å². The van der Waals surface area contributed by atoms with E-state index >= 15 is 0 Å². The second-order valence-corrected chi connectivity index (χ2v) is 3.81. The highest BCUT2D eigenvalue weighted by atomic mass is 16.3. The van der Waals surface area contributed by atoms with Crippen molar-refractivity contribution in [2.45, 2.75) is 31.9 Å². The summed E-state index contributed by atoms with van der Waals surface area (Å²) in [6, 6.07) is -1.35. The summed E-state index contributed by atoms with van der Waals surface area (Å²) in [5, 5.41) is 11.7. The van der Waals surface area contributed by atoms with Crippen LogP contribution in [0, 0.1) is 0 Å². The number of aliphatic hydroxyl groups is 1. The Balaban J connectivity index is 2.47.